The average molecular weight is 376 g/mol. The minimum absolute atomic E-state index is 0.133. The average Bonchev–Trinajstić information content (AvgIpc) is 2.94. The van der Waals surface area contributed by atoms with E-state index in [1.165, 1.54) is 21.3 Å². The molecule has 4 rings (SSSR count). The van der Waals surface area contributed by atoms with E-state index in [2.05, 4.69) is 0 Å². The zero-order valence-corrected chi connectivity index (χ0v) is 15.6. The molecule has 0 spiro atoms. The Hall–Kier alpha value is -1.73. The highest BCUT2D eigenvalue weighted by atomic mass is 32.2. The van der Waals surface area contributed by atoms with Crippen molar-refractivity contribution in [2.75, 3.05) is 18.0 Å². The molecule has 1 aromatic carbocycles. The number of carbonyl (C=O) groups excluding carboxylic acids is 2. The predicted molar refractivity (Wildman–Crippen MR) is 97.0 cm³/mol. The van der Waals surface area contributed by atoms with Crippen LogP contribution < -0.4 is 4.90 Å². The van der Waals surface area contributed by atoms with E-state index in [0.717, 1.165) is 44.9 Å². The van der Waals surface area contributed by atoms with E-state index in [0.29, 0.717) is 18.8 Å². The van der Waals surface area contributed by atoms with Crippen molar-refractivity contribution in [3.05, 3.63) is 24.3 Å². The molecule has 1 saturated carbocycles. The Bertz CT molecular complexity index is 788. The van der Waals surface area contributed by atoms with Crippen molar-refractivity contribution in [1.29, 1.82) is 0 Å². The summed E-state index contributed by atoms with van der Waals surface area (Å²) in [6, 6.07) is 6.21. The fourth-order valence-electron chi connectivity index (χ4n) is 4.44. The summed E-state index contributed by atoms with van der Waals surface area (Å²) in [6.45, 7) is 1.10. The normalized spacial score (nSPS) is 27.6. The van der Waals surface area contributed by atoms with Crippen LogP contribution in [0.2, 0.25) is 0 Å². The van der Waals surface area contributed by atoms with E-state index in [-0.39, 0.29) is 28.5 Å². The van der Waals surface area contributed by atoms with E-state index < -0.39 is 10.0 Å². The number of fused-ring (bicyclic) bond motifs is 1. The number of amides is 2. The number of anilines is 1. The van der Waals surface area contributed by atoms with Crippen LogP contribution in [0.3, 0.4) is 0 Å². The van der Waals surface area contributed by atoms with Gasteiger partial charge in [-0.15, -0.1) is 0 Å². The Kier molecular flexibility index (Phi) is 4.61. The number of rotatable bonds is 3. The van der Waals surface area contributed by atoms with Gasteiger partial charge in [0, 0.05) is 13.1 Å². The highest BCUT2D eigenvalue weighted by Crippen LogP contribution is 2.40. The number of sulfonamides is 1. The van der Waals surface area contributed by atoms with Gasteiger partial charge in [-0.1, -0.05) is 19.3 Å². The third-order valence-corrected chi connectivity index (χ3v) is 7.80. The largest absolute Gasteiger partial charge is 0.274 e. The van der Waals surface area contributed by atoms with Gasteiger partial charge in [0.1, 0.15) is 0 Å². The molecule has 6 nitrogen and oxygen atoms in total. The SMILES string of the molecule is O=C1C2CCCCC2C(=O)N1c1ccc(S(=O)(=O)N2CCCCC2)cc1. The van der Waals surface area contributed by atoms with Crippen LogP contribution in [-0.2, 0) is 19.6 Å². The molecule has 3 aliphatic rings. The summed E-state index contributed by atoms with van der Waals surface area (Å²) in [5.41, 5.74) is 0.479. The first-order chi connectivity index (χ1) is 12.5. The molecule has 0 bridgehead atoms. The van der Waals surface area contributed by atoms with Crippen LogP contribution in [0.5, 0.6) is 0 Å². The van der Waals surface area contributed by atoms with Crippen LogP contribution in [0.15, 0.2) is 29.2 Å². The molecular formula is C19H24N2O4S. The molecule has 3 fully saturated rings. The number of carbonyl (C=O) groups is 2. The summed E-state index contributed by atoms with van der Waals surface area (Å²) >= 11 is 0. The van der Waals surface area contributed by atoms with Crippen molar-refractivity contribution in [3.8, 4) is 0 Å². The van der Waals surface area contributed by atoms with Crippen molar-refractivity contribution in [1.82, 2.24) is 4.31 Å². The number of imide groups is 1. The third kappa shape index (κ3) is 2.87. The van der Waals surface area contributed by atoms with Gasteiger partial charge < -0.3 is 0 Å². The topological polar surface area (TPSA) is 74.8 Å². The Morgan fingerprint density at radius 1 is 0.769 bits per heavy atom. The molecule has 7 heteroatoms. The number of piperidine rings is 1. The van der Waals surface area contributed by atoms with Crippen molar-refractivity contribution >= 4 is 27.5 Å². The molecule has 0 N–H and O–H groups in total. The standard InChI is InChI=1S/C19H24N2O4S/c22-18-16-6-2-3-7-17(16)19(23)21(18)14-8-10-15(11-9-14)26(24,25)20-12-4-1-5-13-20/h8-11,16-17H,1-7,12-13H2. The molecule has 0 radical (unpaired) electrons. The number of hydrogen-bond acceptors (Lipinski definition) is 4. The second kappa shape index (κ2) is 6.78. The summed E-state index contributed by atoms with van der Waals surface area (Å²) in [5, 5.41) is 0. The van der Waals surface area contributed by atoms with Gasteiger partial charge in [-0.3, -0.25) is 14.5 Å². The molecule has 0 aromatic heterocycles. The maximum absolute atomic E-state index is 12.7. The summed E-state index contributed by atoms with van der Waals surface area (Å²) in [5.74, 6) is -0.668. The van der Waals surface area contributed by atoms with E-state index in [4.69, 9.17) is 0 Å². The highest BCUT2D eigenvalue weighted by Gasteiger charge is 2.48. The lowest BCUT2D eigenvalue weighted by Gasteiger charge is -2.26. The summed E-state index contributed by atoms with van der Waals surface area (Å²) < 4.78 is 27.0. The van der Waals surface area contributed by atoms with E-state index in [1.807, 2.05) is 0 Å². The predicted octanol–water partition coefficient (Wildman–Crippen LogP) is 2.54. The van der Waals surface area contributed by atoms with Crippen LogP contribution in [0.25, 0.3) is 0 Å². The lowest BCUT2D eigenvalue weighted by atomic mass is 9.81. The summed E-state index contributed by atoms with van der Waals surface area (Å²) in [4.78, 5) is 26.8. The van der Waals surface area contributed by atoms with Crippen LogP contribution in [0, 0.1) is 11.8 Å². The maximum Gasteiger partial charge on any atom is 0.243 e. The van der Waals surface area contributed by atoms with Gasteiger partial charge in [-0.05, 0) is 49.9 Å². The zero-order valence-electron chi connectivity index (χ0n) is 14.8. The second-order valence-corrected chi connectivity index (χ2v) is 9.41. The zero-order chi connectivity index (χ0) is 18.3. The fourth-order valence-corrected chi connectivity index (χ4v) is 5.96. The van der Waals surface area contributed by atoms with Gasteiger partial charge in [-0.25, -0.2) is 8.42 Å². The van der Waals surface area contributed by atoms with Crippen LogP contribution in [-0.4, -0.2) is 37.6 Å². The van der Waals surface area contributed by atoms with Gasteiger partial charge in [0.25, 0.3) is 0 Å². The molecule has 2 unspecified atom stereocenters. The maximum atomic E-state index is 12.7. The lowest BCUT2D eigenvalue weighted by Crippen LogP contribution is -2.35. The van der Waals surface area contributed by atoms with Crippen LogP contribution in [0.1, 0.15) is 44.9 Å². The van der Waals surface area contributed by atoms with Gasteiger partial charge in [0.05, 0.1) is 22.4 Å². The van der Waals surface area contributed by atoms with Crippen LogP contribution in [0.4, 0.5) is 5.69 Å². The van der Waals surface area contributed by atoms with Crippen molar-refractivity contribution < 1.29 is 18.0 Å². The Labute approximate surface area is 154 Å². The third-order valence-electron chi connectivity index (χ3n) is 5.89. The molecule has 2 aliphatic heterocycles. The molecule has 2 atom stereocenters. The smallest absolute Gasteiger partial charge is 0.243 e. The molecule has 2 amide bonds. The van der Waals surface area contributed by atoms with Gasteiger partial charge in [0.15, 0.2) is 0 Å². The van der Waals surface area contributed by atoms with E-state index in [1.54, 1.807) is 12.1 Å². The minimum Gasteiger partial charge on any atom is -0.274 e. The molecular weight excluding hydrogens is 352 g/mol. The number of nitrogens with zero attached hydrogens (tertiary/aromatic N) is 2. The number of benzene rings is 1. The molecule has 1 aliphatic carbocycles. The van der Waals surface area contributed by atoms with Gasteiger partial charge in [0.2, 0.25) is 21.8 Å². The second-order valence-electron chi connectivity index (χ2n) is 7.47. The summed E-state index contributed by atoms with van der Waals surface area (Å²) in [7, 11) is -3.51. The van der Waals surface area contributed by atoms with Crippen molar-refractivity contribution in [2.45, 2.75) is 49.8 Å². The fraction of sp³-hybridized carbons (Fsp3) is 0.579. The molecule has 140 valence electrons. The summed E-state index contributed by atoms with van der Waals surface area (Å²) in [6.07, 6.45) is 6.35. The first kappa shape index (κ1) is 17.7. The first-order valence-electron chi connectivity index (χ1n) is 9.48. The van der Waals surface area contributed by atoms with E-state index in [9.17, 15) is 18.0 Å². The molecule has 2 heterocycles. The molecule has 2 saturated heterocycles. The first-order valence-corrected chi connectivity index (χ1v) is 10.9. The lowest BCUT2D eigenvalue weighted by molar-refractivity contribution is -0.122. The Morgan fingerprint density at radius 2 is 1.31 bits per heavy atom. The van der Waals surface area contributed by atoms with Gasteiger partial charge >= 0.3 is 0 Å². The quantitative estimate of drug-likeness (QED) is 0.760. The van der Waals surface area contributed by atoms with Crippen molar-refractivity contribution in [3.63, 3.8) is 0 Å². The van der Waals surface area contributed by atoms with E-state index >= 15 is 0 Å². The monoisotopic (exact) mass is 376 g/mol. The van der Waals surface area contributed by atoms with Gasteiger partial charge in [-0.2, -0.15) is 4.31 Å². The molecule has 1 aromatic rings. The van der Waals surface area contributed by atoms with Crippen LogP contribution >= 0.6 is 0 Å². The Balaban J connectivity index is 1.58. The Morgan fingerprint density at radius 3 is 1.85 bits per heavy atom. The highest BCUT2D eigenvalue weighted by molar-refractivity contribution is 7.89. The number of hydrogen-bond donors (Lipinski definition) is 0. The minimum atomic E-state index is -3.51. The van der Waals surface area contributed by atoms with Crippen molar-refractivity contribution in [2.24, 2.45) is 11.8 Å². The molecule has 26 heavy (non-hydrogen) atoms.